The maximum atomic E-state index is 13.9. The minimum absolute atomic E-state index is 0.0135. The van der Waals surface area contributed by atoms with E-state index in [2.05, 4.69) is 0 Å². The number of fused-ring (bicyclic) bond motifs is 5. The monoisotopic (exact) mass is 493 g/mol. The van der Waals surface area contributed by atoms with Crippen molar-refractivity contribution in [1.29, 1.82) is 0 Å². The summed E-state index contributed by atoms with van der Waals surface area (Å²) in [6.45, 7) is 6.76. The van der Waals surface area contributed by atoms with E-state index in [0.29, 0.717) is 11.7 Å². The molecule has 0 radical (unpaired) electrons. The molecule has 3 fully saturated rings. The summed E-state index contributed by atoms with van der Waals surface area (Å²) in [7, 11) is 0. The fourth-order valence-corrected chi connectivity index (χ4v) is 6.39. The van der Waals surface area contributed by atoms with Gasteiger partial charge in [-0.15, -0.1) is 0 Å². The first-order valence-corrected chi connectivity index (χ1v) is 12.7. The van der Waals surface area contributed by atoms with Crippen molar-refractivity contribution in [2.45, 2.75) is 84.2 Å². The van der Waals surface area contributed by atoms with Crippen molar-refractivity contribution in [3.63, 3.8) is 0 Å². The maximum absolute atomic E-state index is 13.9. The molecule has 0 aromatic heterocycles. The topological polar surface area (TPSA) is 84.9 Å². The predicted molar refractivity (Wildman–Crippen MR) is 122 cm³/mol. The first-order valence-electron chi connectivity index (χ1n) is 12.7. The lowest BCUT2D eigenvalue weighted by Gasteiger charge is -2.35. The Morgan fingerprint density at radius 2 is 1.63 bits per heavy atom. The van der Waals surface area contributed by atoms with Crippen LogP contribution in [0.1, 0.15) is 70.2 Å². The van der Waals surface area contributed by atoms with Crippen LogP contribution >= 0.6 is 0 Å². The minimum atomic E-state index is -4.30. The molecular formula is C27H35F2O6-. The van der Waals surface area contributed by atoms with E-state index in [0.717, 1.165) is 24.2 Å². The second kappa shape index (κ2) is 10.0. The molecule has 3 aliphatic carbocycles. The smallest absolute Gasteiger partial charge is 0.338 e. The van der Waals surface area contributed by atoms with E-state index in [1.165, 1.54) is 51.7 Å². The lowest BCUT2D eigenvalue weighted by Crippen LogP contribution is -2.53. The van der Waals surface area contributed by atoms with E-state index in [1.54, 1.807) is 12.1 Å². The summed E-state index contributed by atoms with van der Waals surface area (Å²) in [6, 6.07) is 5.93. The molecule has 4 rings (SSSR count). The number of hydrogen-bond donors (Lipinski definition) is 0. The van der Waals surface area contributed by atoms with Crippen molar-refractivity contribution in [2.75, 3.05) is 0 Å². The largest absolute Gasteiger partial charge is 0.544 e. The van der Waals surface area contributed by atoms with Gasteiger partial charge >= 0.3 is 11.9 Å². The molecule has 194 valence electrons. The zero-order valence-electron chi connectivity index (χ0n) is 20.7. The van der Waals surface area contributed by atoms with Crippen LogP contribution in [0, 0.1) is 35.5 Å². The molecule has 0 spiro atoms. The van der Waals surface area contributed by atoms with Gasteiger partial charge in [0.25, 0.3) is 0 Å². The zero-order chi connectivity index (χ0) is 25.5. The van der Waals surface area contributed by atoms with Gasteiger partial charge in [-0.25, -0.2) is 4.79 Å². The Balaban J connectivity index is 1.37. The molecule has 7 atom stereocenters. The van der Waals surface area contributed by atoms with E-state index in [1.807, 2.05) is 13.8 Å². The summed E-state index contributed by atoms with van der Waals surface area (Å²) in [5.74, 6) is -5.19. The molecule has 8 heteroatoms. The highest BCUT2D eigenvalue weighted by atomic mass is 19.3. The average molecular weight is 494 g/mol. The molecular weight excluding hydrogens is 458 g/mol. The molecule has 0 N–H and O–H groups in total. The van der Waals surface area contributed by atoms with Gasteiger partial charge in [0.05, 0.1) is 11.7 Å². The number of benzene rings is 1. The van der Waals surface area contributed by atoms with Gasteiger partial charge in [0.1, 0.15) is 11.7 Å². The van der Waals surface area contributed by atoms with Crippen LogP contribution in [0.2, 0.25) is 0 Å². The predicted octanol–water partition coefficient (Wildman–Crippen LogP) is 4.46. The van der Waals surface area contributed by atoms with Crippen LogP contribution in [0.25, 0.3) is 0 Å². The summed E-state index contributed by atoms with van der Waals surface area (Å²) in [5, 5.41) is 10.8. The fourth-order valence-electron chi connectivity index (χ4n) is 6.39. The van der Waals surface area contributed by atoms with E-state index >= 15 is 0 Å². The zero-order valence-corrected chi connectivity index (χ0v) is 20.7. The molecule has 2 bridgehead atoms. The van der Waals surface area contributed by atoms with Crippen molar-refractivity contribution < 1.29 is 37.7 Å². The van der Waals surface area contributed by atoms with E-state index in [9.17, 15) is 23.5 Å². The van der Waals surface area contributed by atoms with Gasteiger partial charge in [0, 0.05) is 5.92 Å². The normalized spacial score (nSPS) is 29.3. The summed E-state index contributed by atoms with van der Waals surface area (Å²) in [4.78, 5) is 23.3. The van der Waals surface area contributed by atoms with Crippen LogP contribution in [0.5, 0.6) is 5.75 Å². The van der Waals surface area contributed by atoms with Crippen LogP contribution < -0.4 is 9.84 Å². The highest BCUT2D eigenvalue weighted by molar-refractivity contribution is 5.90. The molecule has 0 heterocycles. The van der Waals surface area contributed by atoms with Gasteiger partial charge in [-0.05, 0) is 79.5 Å². The number of carboxylic acids is 1. The molecule has 0 saturated heterocycles. The second-order valence-electron chi connectivity index (χ2n) is 11.1. The molecule has 0 amide bonds. The molecule has 7 unspecified atom stereocenters. The molecule has 3 saturated carbocycles. The molecule has 0 aliphatic heterocycles. The third kappa shape index (κ3) is 5.18. The van der Waals surface area contributed by atoms with Crippen LogP contribution in [-0.4, -0.2) is 36.4 Å². The fraction of sp³-hybridized carbons (Fsp3) is 0.704. The van der Waals surface area contributed by atoms with Crippen molar-refractivity contribution in [2.24, 2.45) is 35.5 Å². The Labute approximate surface area is 205 Å². The standard InChI is InChI=1S/C27H36F2O6/c1-14(2)23(27(28,29)26(31)32)35-24(30)16-8-10-18(11-9-16)33-25(15(3)4)34-22-13-17-12-21(22)20-7-5-6-19(17)20/h8-11,14-15,17,19-23,25H,5-7,12-13H2,1-4H3,(H,31,32)/p-1. The van der Waals surface area contributed by atoms with E-state index in [-0.39, 0.29) is 17.6 Å². The summed E-state index contributed by atoms with van der Waals surface area (Å²) in [5.41, 5.74) is 0.0135. The molecule has 6 nitrogen and oxygen atoms in total. The van der Waals surface area contributed by atoms with Crippen molar-refractivity contribution >= 4 is 11.9 Å². The highest BCUT2D eigenvalue weighted by Crippen LogP contribution is 2.59. The Kier molecular flexibility index (Phi) is 7.41. The van der Waals surface area contributed by atoms with Crippen LogP contribution in [0.4, 0.5) is 8.78 Å². The lowest BCUT2D eigenvalue weighted by molar-refractivity contribution is -0.337. The summed E-state index contributed by atoms with van der Waals surface area (Å²) >= 11 is 0. The highest BCUT2D eigenvalue weighted by Gasteiger charge is 2.55. The first kappa shape index (κ1) is 25.9. The lowest BCUT2D eigenvalue weighted by atomic mass is 9.80. The summed E-state index contributed by atoms with van der Waals surface area (Å²) in [6.07, 6.45) is 3.98. The number of aliphatic carboxylic acids is 1. The van der Waals surface area contributed by atoms with Gasteiger partial charge in [-0.3, -0.25) is 0 Å². The number of carbonyl (C=O) groups is 2. The van der Waals surface area contributed by atoms with E-state index in [4.69, 9.17) is 14.2 Å². The second-order valence-corrected chi connectivity index (χ2v) is 11.1. The SMILES string of the molecule is CC(C)C(Oc1ccc(C(=O)OC(C(C)C)C(F)(F)C(=O)[O-])cc1)OC1CC2CC1C1CCCC21. The van der Waals surface area contributed by atoms with Crippen LogP contribution in [0.3, 0.4) is 0 Å². The van der Waals surface area contributed by atoms with Gasteiger partial charge in [-0.1, -0.05) is 34.1 Å². The van der Waals surface area contributed by atoms with Gasteiger partial charge < -0.3 is 24.1 Å². The quantitative estimate of drug-likeness (QED) is 0.354. The third-order valence-electron chi connectivity index (χ3n) is 8.03. The maximum Gasteiger partial charge on any atom is 0.338 e. The van der Waals surface area contributed by atoms with Crippen LogP contribution in [0.15, 0.2) is 24.3 Å². The van der Waals surface area contributed by atoms with Crippen molar-refractivity contribution in [3.8, 4) is 5.75 Å². The third-order valence-corrected chi connectivity index (χ3v) is 8.03. The van der Waals surface area contributed by atoms with E-state index < -0.39 is 36.2 Å². The number of esters is 1. The van der Waals surface area contributed by atoms with Crippen LogP contribution in [-0.2, 0) is 14.3 Å². The number of rotatable bonds is 10. The first-order chi connectivity index (χ1) is 16.5. The van der Waals surface area contributed by atoms with Gasteiger partial charge in [0.15, 0.2) is 6.10 Å². The number of hydrogen-bond acceptors (Lipinski definition) is 6. The van der Waals surface area contributed by atoms with Crippen molar-refractivity contribution in [1.82, 2.24) is 0 Å². The van der Waals surface area contributed by atoms with Crippen molar-refractivity contribution in [3.05, 3.63) is 29.8 Å². The Hall–Kier alpha value is -2.22. The molecule has 3 aliphatic rings. The number of carbonyl (C=O) groups excluding carboxylic acids is 2. The van der Waals surface area contributed by atoms with Gasteiger partial charge in [0.2, 0.25) is 6.29 Å². The molecule has 35 heavy (non-hydrogen) atoms. The minimum Gasteiger partial charge on any atom is -0.544 e. The Morgan fingerprint density at radius 1 is 0.971 bits per heavy atom. The molecule has 1 aromatic carbocycles. The average Bonchev–Trinajstić information content (AvgIpc) is 3.50. The Morgan fingerprint density at radius 3 is 2.23 bits per heavy atom. The number of carboxylic acid groups (broad SMARTS) is 1. The Bertz CT molecular complexity index is 915. The number of alkyl halides is 2. The molecule has 1 aromatic rings. The summed E-state index contributed by atoms with van der Waals surface area (Å²) < 4.78 is 45.3. The van der Waals surface area contributed by atoms with Gasteiger partial charge in [-0.2, -0.15) is 8.78 Å². The number of ether oxygens (including phenoxy) is 3. The number of halogens is 2.